The molecule has 0 atom stereocenters. The number of aromatic nitrogens is 4. The van der Waals surface area contributed by atoms with E-state index < -0.39 is 0 Å². The van der Waals surface area contributed by atoms with Gasteiger partial charge >= 0.3 is 0 Å². The molecule has 0 aliphatic rings. The van der Waals surface area contributed by atoms with Crippen molar-refractivity contribution < 1.29 is 0 Å². The van der Waals surface area contributed by atoms with E-state index in [2.05, 4.69) is 21.9 Å². The lowest BCUT2D eigenvalue weighted by atomic mass is 10.3. The van der Waals surface area contributed by atoms with E-state index in [1.807, 2.05) is 23.5 Å². The lowest BCUT2D eigenvalue weighted by molar-refractivity contribution is 0.832. The Kier molecular flexibility index (Phi) is 2.40. The first-order valence-electron chi connectivity index (χ1n) is 6.07. The Morgan fingerprint density at radius 1 is 1.44 bits per heavy atom. The van der Waals surface area contributed by atoms with Crippen molar-refractivity contribution in [2.24, 2.45) is 0 Å². The minimum Gasteiger partial charge on any atom is -0.317 e. The number of hydrogen-bond acceptors (Lipinski definition) is 3. The molecule has 5 heteroatoms. The van der Waals surface area contributed by atoms with Gasteiger partial charge in [0.15, 0.2) is 5.65 Å². The van der Waals surface area contributed by atoms with Crippen LogP contribution >= 0.6 is 0 Å². The molecule has 0 saturated carbocycles. The van der Waals surface area contributed by atoms with Gasteiger partial charge in [0.05, 0.1) is 11.2 Å². The Balaban J connectivity index is 2.56. The van der Waals surface area contributed by atoms with Crippen molar-refractivity contribution in [3.05, 3.63) is 40.2 Å². The lowest BCUT2D eigenvalue weighted by Gasteiger charge is -2.03. The number of pyridine rings is 1. The van der Waals surface area contributed by atoms with Crippen molar-refractivity contribution in [2.75, 3.05) is 0 Å². The van der Waals surface area contributed by atoms with E-state index >= 15 is 0 Å². The first-order chi connectivity index (χ1) is 8.72. The summed E-state index contributed by atoms with van der Waals surface area (Å²) in [5.74, 6) is 0.903. The van der Waals surface area contributed by atoms with Crippen molar-refractivity contribution >= 4 is 16.7 Å². The molecule has 3 rings (SSSR count). The zero-order valence-electron chi connectivity index (χ0n) is 10.4. The number of fused-ring (bicyclic) bond motifs is 3. The molecule has 5 nitrogen and oxygen atoms in total. The molecular formula is C13H14N4O. The fourth-order valence-corrected chi connectivity index (χ4v) is 2.33. The van der Waals surface area contributed by atoms with Crippen LogP contribution < -0.4 is 5.56 Å². The van der Waals surface area contributed by atoms with Crippen LogP contribution in [0, 0.1) is 6.92 Å². The second-order valence-electron chi connectivity index (χ2n) is 4.38. The van der Waals surface area contributed by atoms with Gasteiger partial charge < -0.3 is 4.98 Å². The van der Waals surface area contributed by atoms with Crippen molar-refractivity contribution in [2.45, 2.75) is 26.7 Å². The molecule has 0 bridgehead atoms. The van der Waals surface area contributed by atoms with Crippen molar-refractivity contribution in [1.29, 1.82) is 0 Å². The molecule has 1 N–H and O–H groups in total. The predicted molar refractivity (Wildman–Crippen MR) is 69.8 cm³/mol. The van der Waals surface area contributed by atoms with Crippen molar-refractivity contribution in [3.63, 3.8) is 0 Å². The number of aromatic amines is 1. The standard InChI is InChI=1S/C13H14N4O/c1-3-5-10-15-8(2)11-13(18)16-9-6-4-7-14-12(9)17(10)11/h4,6-7H,3,5H2,1-2H3,(H,16,18). The number of nitrogens with one attached hydrogen (secondary N) is 1. The highest BCUT2D eigenvalue weighted by Crippen LogP contribution is 2.15. The largest absolute Gasteiger partial charge is 0.317 e. The molecule has 0 aliphatic carbocycles. The Labute approximate surface area is 104 Å². The molecule has 0 fully saturated rings. The Hall–Kier alpha value is -2.17. The monoisotopic (exact) mass is 242 g/mol. The van der Waals surface area contributed by atoms with Gasteiger partial charge in [0, 0.05) is 12.6 Å². The van der Waals surface area contributed by atoms with Crippen LogP contribution in [0.3, 0.4) is 0 Å². The summed E-state index contributed by atoms with van der Waals surface area (Å²) in [7, 11) is 0. The Morgan fingerprint density at radius 3 is 3.06 bits per heavy atom. The topological polar surface area (TPSA) is 63.0 Å². The van der Waals surface area contributed by atoms with Crippen LogP contribution in [-0.4, -0.2) is 19.4 Å². The number of aryl methyl sites for hydroxylation is 2. The number of H-pyrrole nitrogens is 1. The normalized spacial score (nSPS) is 11.4. The molecule has 3 heterocycles. The minimum absolute atomic E-state index is 0.108. The highest BCUT2D eigenvalue weighted by atomic mass is 16.1. The zero-order chi connectivity index (χ0) is 12.7. The molecule has 3 aromatic rings. The van der Waals surface area contributed by atoms with Crippen LogP contribution in [0.2, 0.25) is 0 Å². The molecule has 0 saturated heterocycles. The highest BCUT2D eigenvalue weighted by molar-refractivity contribution is 5.75. The van der Waals surface area contributed by atoms with Gasteiger partial charge in [0.2, 0.25) is 0 Å². The maximum atomic E-state index is 12.1. The summed E-state index contributed by atoms with van der Waals surface area (Å²) in [6, 6.07) is 3.67. The van der Waals surface area contributed by atoms with Crippen LogP contribution in [0.15, 0.2) is 23.1 Å². The number of hydrogen-bond donors (Lipinski definition) is 1. The van der Waals surface area contributed by atoms with E-state index in [1.54, 1.807) is 6.20 Å². The lowest BCUT2D eigenvalue weighted by Crippen LogP contribution is -2.12. The summed E-state index contributed by atoms with van der Waals surface area (Å²) in [5.41, 5.74) is 2.75. The smallest absolute Gasteiger partial charge is 0.274 e. The molecular weight excluding hydrogens is 228 g/mol. The van der Waals surface area contributed by atoms with Gasteiger partial charge in [-0.25, -0.2) is 9.97 Å². The van der Waals surface area contributed by atoms with E-state index in [0.717, 1.165) is 35.5 Å². The fraction of sp³-hybridized carbons (Fsp3) is 0.308. The van der Waals surface area contributed by atoms with Gasteiger partial charge in [0.25, 0.3) is 5.56 Å². The molecule has 0 amide bonds. The Bertz CT molecular complexity index is 785. The van der Waals surface area contributed by atoms with Gasteiger partial charge in [-0.05, 0) is 25.5 Å². The van der Waals surface area contributed by atoms with Gasteiger partial charge in [-0.2, -0.15) is 0 Å². The summed E-state index contributed by atoms with van der Waals surface area (Å²) >= 11 is 0. The van der Waals surface area contributed by atoms with Gasteiger partial charge in [-0.1, -0.05) is 6.92 Å². The molecule has 3 aromatic heterocycles. The molecule has 92 valence electrons. The third-order valence-corrected chi connectivity index (χ3v) is 3.06. The second-order valence-corrected chi connectivity index (χ2v) is 4.38. The minimum atomic E-state index is -0.108. The molecule has 18 heavy (non-hydrogen) atoms. The SMILES string of the molecule is CCCc1nc(C)c2c(=O)[nH]c3cccnc3n12. The van der Waals surface area contributed by atoms with Crippen LogP contribution in [0.1, 0.15) is 24.9 Å². The third kappa shape index (κ3) is 1.44. The molecule has 0 spiro atoms. The number of imidazole rings is 1. The quantitative estimate of drug-likeness (QED) is 0.745. The van der Waals surface area contributed by atoms with E-state index in [0.29, 0.717) is 5.52 Å². The first kappa shape index (κ1) is 11.0. The average molecular weight is 242 g/mol. The van der Waals surface area contributed by atoms with E-state index in [4.69, 9.17) is 0 Å². The molecule has 0 aliphatic heterocycles. The van der Waals surface area contributed by atoms with Gasteiger partial charge in [-0.3, -0.25) is 9.20 Å². The first-order valence-corrected chi connectivity index (χ1v) is 6.07. The van der Waals surface area contributed by atoms with Gasteiger partial charge in [0.1, 0.15) is 11.3 Å². The predicted octanol–water partition coefficient (Wildman–Crippen LogP) is 1.83. The van der Waals surface area contributed by atoms with Crippen LogP contribution in [0.5, 0.6) is 0 Å². The van der Waals surface area contributed by atoms with Crippen LogP contribution in [0.4, 0.5) is 0 Å². The third-order valence-electron chi connectivity index (χ3n) is 3.06. The molecule has 0 radical (unpaired) electrons. The van der Waals surface area contributed by atoms with E-state index in [-0.39, 0.29) is 5.56 Å². The van der Waals surface area contributed by atoms with E-state index in [1.165, 1.54) is 0 Å². The van der Waals surface area contributed by atoms with Crippen molar-refractivity contribution in [1.82, 2.24) is 19.4 Å². The average Bonchev–Trinajstić information content (AvgIpc) is 2.68. The van der Waals surface area contributed by atoms with Crippen LogP contribution in [0.25, 0.3) is 16.7 Å². The maximum absolute atomic E-state index is 12.1. The van der Waals surface area contributed by atoms with Crippen molar-refractivity contribution in [3.8, 4) is 0 Å². The summed E-state index contributed by atoms with van der Waals surface area (Å²) in [6.07, 6.45) is 3.55. The fourth-order valence-electron chi connectivity index (χ4n) is 2.33. The van der Waals surface area contributed by atoms with Gasteiger partial charge in [-0.15, -0.1) is 0 Å². The second kappa shape index (κ2) is 3.94. The number of nitrogens with zero attached hydrogens (tertiary/aromatic N) is 3. The van der Waals surface area contributed by atoms with E-state index in [9.17, 15) is 4.79 Å². The molecule has 0 unspecified atom stereocenters. The zero-order valence-corrected chi connectivity index (χ0v) is 10.4. The highest BCUT2D eigenvalue weighted by Gasteiger charge is 2.14. The number of rotatable bonds is 2. The van der Waals surface area contributed by atoms with Crippen LogP contribution in [-0.2, 0) is 6.42 Å². The summed E-state index contributed by atoms with van der Waals surface area (Å²) < 4.78 is 1.88. The summed E-state index contributed by atoms with van der Waals surface area (Å²) in [5, 5.41) is 0. The molecule has 0 aromatic carbocycles. The summed E-state index contributed by atoms with van der Waals surface area (Å²) in [6.45, 7) is 3.96. The summed E-state index contributed by atoms with van der Waals surface area (Å²) in [4.78, 5) is 23.8. The Morgan fingerprint density at radius 2 is 2.28 bits per heavy atom. The maximum Gasteiger partial charge on any atom is 0.274 e.